The Kier molecular flexibility index (Phi) is 7.51. The monoisotopic (exact) mass is 523 g/mol. The Morgan fingerprint density at radius 1 is 1.05 bits per heavy atom. The Labute approximate surface area is 216 Å². The Bertz CT molecular complexity index is 1400. The van der Waals surface area contributed by atoms with Crippen molar-refractivity contribution < 1.29 is 27.5 Å². The quantitative estimate of drug-likeness (QED) is 0.483. The lowest BCUT2D eigenvalue weighted by molar-refractivity contribution is -0.125. The molecule has 3 aromatic carbocycles. The highest BCUT2D eigenvalue weighted by Crippen LogP contribution is 2.36. The molecule has 0 spiro atoms. The van der Waals surface area contributed by atoms with E-state index in [-0.39, 0.29) is 10.8 Å². The predicted octanol–water partition coefficient (Wildman–Crippen LogP) is 3.69. The molecule has 1 heterocycles. The average Bonchev–Trinajstić information content (AvgIpc) is 2.87. The van der Waals surface area contributed by atoms with E-state index in [0.29, 0.717) is 35.8 Å². The molecule has 10 heteroatoms. The van der Waals surface area contributed by atoms with Gasteiger partial charge in [-0.1, -0.05) is 17.7 Å². The minimum atomic E-state index is -3.58. The third kappa shape index (κ3) is 5.76. The normalized spacial score (nSPS) is 15.2. The van der Waals surface area contributed by atoms with E-state index in [1.165, 1.54) is 38.4 Å². The maximum absolute atomic E-state index is 12.8. The van der Waals surface area contributed by atoms with Crippen LogP contribution in [-0.2, 0) is 14.8 Å². The fraction of sp³-hybridized carbons (Fsp3) is 0.259. The number of carbonyl (C=O) groups is 2. The van der Waals surface area contributed by atoms with Crippen LogP contribution in [0.2, 0.25) is 0 Å². The molecule has 1 atom stereocenters. The Morgan fingerprint density at radius 2 is 1.73 bits per heavy atom. The van der Waals surface area contributed by atoms with Gasteiger partial charge in [0.05, 0.1) is 17.1 Å². The highest BCUT2D eigenvalue weighted by atomic mass is 32.2. The van der Waals surface area contributed by atoms with Gasteiger partial charge in [0.2, 0.25) is 10.0 Å². The summed E-state index contributed by atoms with van der Waals surface area (Å²) >= 11 is 0. The summed E-state index contributed by atoms with van der Waals surface area (Å²) in [5.74, 6) is 0.610. The summed E-state index contributed by atoms with van der Waals surface area (Å²) in [5.41, 5.74) is 2.50. The number of rotatable bonds is 8. The van der Waals surface area contributed by atoms with Crippen LogP contribution in [0.25, 0.3) is 0 Å². The number of hydrogen-bond acceptors (Lipinski definition) is 6. The number of ether oxygens (including phenoxy) is 2. The Balaban J connectivity index is 1.45. The van der Waals surface area contributed by atoms with Crippen molar-refractivity contribution in [2.24, 2.45) is 0 Å². The second-order valence-electron chi connectivity index (χ2n) is 8.86. The maximum Gasteiger partial charge on any atom is 0.267 e. The molecule has 0 aromatic heterocycles. The van der Waals surface area contributed by atoms with Crippen molar-refractivity contribution in [3.8, 4) is 11.5 Å². The molecule has 3 aromatic rings. The minimum absolute atomic E-state index is 0.0985. The first-order chi connectivity index (χ1) is 17.6. The molecular formula is C27H29N3O6S. The number of nitrogens with zero attached hydrogens (tertiary/aromatic N) is 2. The van der Waals surface area contributed by atoms with Crippen molar-refractivity contribution in [2.75, 3.05) is 37.5 Å². The van der Waals surface area contributed by atoms with Gasteiger partial charge in [-0.05, 0) is 62.4 Å². The zero-order valence-corrected chi connectivity index (χ0v) is 21.9. The molecule has 1 aliphatic rings. The number of carbonyl (C=O) groups excluding carboxylic acids is 2. The van der Waals surface area contributed by atoms with E-state index in [9.17, 15) is 18.0 Å². The van der Waals surface area contributed by atoms with Crippen LogP contribution in [0.3, 0.4) is 0 Å². The van der Waals surface area contributed by atoms with Crippen LogP contribution in [0, 0.1) is 6.92 Å². The van der Waals surface area contributed by atoms with Gasteiger partial charge in [0, 0.05) is 31.4 Å². The zero-order valence-electron chi connectivity index (χ0n) is 21.1. The first-order valence-electron chi connectivity index (χ1n) is 11.7. The molecule has 2 amide bonds. The van der Waals surface area contributed by atoms with Crippen LogP contribution in [0.15, 0.2) is 71.6 Å². The fourth-order valence-electron chi connectivity index (χ4n) is 3.80. The molecule has 194 valence electrons. The summed E-state index contributed by atoms with van der Waals surface area (Å²) in [5, 5.41) is 2.79. The third-order valence-corrected chi connectivity index (χ3v) is 7.76. The van der Waals surface area contributed by atoms with E-state index in [2.05, 4.69) is 5.32 Å². The lowest BCUT2D eigenvalue weighted by Crippen LogP contribution is -2.46. The van der Waals surface area contributed by atoms with Gasteiger partial charge in [0.25, 0.3) is 11.8 Å². The second-order valence-corrected chi connectivity index (χ2v) is 11.0. The predicted molar refractivity (Wildman–Crippen MR) is 141 cm³/mol. The van der Waals surface area contributed by atoms with Crippen LogP contribution < -0.4 is 19.7 Å². The molecule has 0 saturated heterocycles. The van der Waals surface area contributed by atoms with Crippen LogP contribution in [0.1, 0.15) is 22.8 Å². The van der Waals surface area contributed by atoms with E-state index in [1.807, 2.05) is 31.2 Å². The topological polar surface area (TPSA) is 105 Å². The van der Waals surface area contributed by atoms with Gasteiger partial charge >= 0.3 is 0 Å². The average molecular weight is 524 g/mol. The van der Waals surface area contributed by atoms with Crippen molar-refractivity contribution in [1.29, 1.82) is 0 Å². The molecule has 0 saturated carbocycles. The maximum atomic E-state index is 12.8. The number of anilines is 2. The van der Waals surface area contributed by atoms with E-state index in [0.717, 1.165) is 15.6 Å². The summed E-state index contributed by atoms with van der Waals surface area (Å²) < 4.78 is 37.2. The van der Waals surface area contributed by atoms with Crippen molar-refractivity contribution in [3.05, 3.63) is 77.9 Å². The molecule has 0 fully saturated rings. The first kappa shape index (κ1) is 26.2. The van der Waals surface area contributed by atoms with E-state index in [1.54, 1.807) is 30.0 Å². The molecule has 37 heavy (non-hydrogen) atoms. The standard InChI is InChI=1S/C27H29N3O6S/c1-18-5-10-22(11-6-18)35-16-15-30-24-14-9-21(17-25(24)36-19(2)27(30)32)28-26(31)20-7-12-23(13-8-20)37(33,34)29(3)4/h5-14,17,19H,15-16H2,1-4H3,(H,28,31). The van der Waals surface area contributed by atoms with Gasteiger partial charge in [0.1, 0.15) is 18.1 Å². The molecule has 9 nitrogen and oxygen atoms in total. The number of fused-ring (bicyclic) bond motifs is 1. The van der Waals surface area contributed by atoms with Gasteiger partial charge in [-0.15, -0.1) is 0 Å². The summed E-state index contributed by atoms with van der Waals surface area (Å²) in [6.45, 7) is 4.31. The van der Waals surface area contributed by atoms with Crippen LogP contribution in [0.4, 0.5) is 11.4 Å². The van der Waals surface area contributed by atoms with Crippen LogP contribution in [-0.4, -0.2) is 57.9 Å². The van der Waals surface area contributed by atoms with E-state index < -0.39 is 22.0 Å². The lowest BCUT2D eigenvalue weighted by atomic mass is 10.1. The zero-order chi connectivity index (χ0) is 26.7. The molecule has 0 radical (unpaired) electrons. The molecule has 4 rings (SSSR count). The largest absolute Gasteiger partial charge is 0.492 e. The van der Waals surface area contributed by atoms with Gasteiger partial charge in [0.15, 0.2) is 6.10 Å². The summed E-state index contributed by atoms with van der Waals surface area (Å²) in [6.07, 6.45) is -0.691. The molecule has 0 aliphatic carbocycles. The van der Waals surface area contributed by atoms with E-state index in [4.69, 9.17) is 9.47 Å². The highest BCUT2D eigenvalue weighted by Gasteiger charge is 2.31. The highest BCUT2D eigenvalue weighted by molar-refractivity contribution is 7.89. The third-order valence-electron chi connectivity index (χ3n) is 5.93. The molecule has 1 unspecified atom stereocenters. The molecular weight excluding hydrogens is 494 g/mol. The number of nitrogens with one attached hydrogen (secondary N) is 1. The van der Waals surface area contributed by atoms with Gasteiger partial charge in [-0.2, -0.15) is 0 Å². The summed E-state index contributed by atoms with van der Waals surface area (Å²) in [6, 6.07) is 18.4. The SMILES string of the molecule is Cc1ccc(OCCN2C(=O)C(C)Oc3cc(NC(=O)c4ccc(S(=O)(=O)N(C)C)cc4)ccc32)cc1. The van der Waals surface area contributed by atoms with Gasteiger partial charge in [-0.3, -0.25) is 9.59 Å². The number of sulfonamides is 1. The number of amides is 2. The second kappa shape index (κ2) is 10.6. The molecule has 0 bridgehead atoms. The number of hydrogen-bond donors (Lipinski definition) is 1. The van der Waals surface area contributed by atoms with Crippen molar-refractivity contribution in [2.45, 2.75) is 24.8 Å². The van der Waals surface area contributed by atoms with Crippen molar-refractivity contribution in [3.63, 3.8) is 0 Å². The van der Waals surface area contributed by atoms with Gasteiger partial charge < -0.3 is 19.7 Å². The summed E-state index contributed by atoms with van der Waals surface area (Å²) in [7, 11) is -0.694. The van der Waals surface area contributed by atoms with Crippen LogP contribution >= 0.6 is 0 Å². The van der Waals surface area contributed by atoms with E-state index >= 15 is 0 Å². The minimum Gasteiger partial charge on any atom is -0.492 e. The number of aryl methyl sites for hydroxylation is 1. The van der Waals surface area contributed by atoms with Crippen LogP contribution in [0.5, 0.6) is 11.5 Å². The smallest absolute Gasteiger partial charge is 0.267 e. The fourth-order valence-corrected chi connectivity index (χ4v) is 4.70. The van der Waals surface area contributed by atoms with Gasteiger partial charge in [-0.25, -0.2) is 12.7 Å². The molecule has 1 aliphatic heterocycles. The molecule has 1 N–H and O–H groups in total. The first-order valence-corrected chi connectivity index (χ1v) is 13.2. The Hall–Kier alpha value is -3.89. The number of benzene rings is 3. The van der Waals surface area contributed by atoms with Crippen molar-refractivity contribution >= 4 is 33.2 Å². The Morgan fingerprint density at radius 3 is 2.38 bits per heavy atom. The lowest BCUT2D eigenvalue weighted by Gasteiger charge is -2.33. The summed E-state index contributed by atoms with van der Waals surface area (Å²) in [4.78, 5) is 27.3. The van der Waals surface area contributed by atoms with Crippen molar-refractivity contribution in [1.82, 2.24) is 4.31 Å².